The number of thiophene rings is 1. The van der Waals surface area contributed by atoms with Crippen LogP contribution in [-0.2, 0) is 17.9 Å². The lowest BCUT2D eigenvalue weighted by Gasteiger charge is -2.23. The average molecular weight is 322 g/mol. The summed E-state index contributed by atoms with van der Waals surface area (Å²) in [6.07, 6.45) is 0. The van der Waals surface area contributed by atoms with E-state index in [4.69, 9.17) is 9.26 Å². The third kappa shape index (κ3) is 3.96. The van der Waals surface area contributed by atoms with Gasteiger partial charge in [0.05, 0.1) is 12.2 Å². The number of ether oxygens (including phenoxy) is 1. The number of methoxy groups -OCH3 is 1. The fourth-order valence-electron chi connectivity index (χ4n) is 2.29. The molecule has 120 valence electrons. The van der Waals surface area contributed by atoms with Gasteiger partial charge in [-0.2, -0.15) is 11.3 Å². The predicted octanol–water partition coefficient (Wildman–Crippen LogP) is 3.49. The highest BCUT2D eigenvalue weighted by molar-refractivity contribution is 7.07. The van der Waals surface area contributed by atoms with Gasteiger partial charge < -0.3 is 14.2 Å². The van der Waals surface area contributed by atoms with Crippen molar-refractivity contribution in [3.63, 3.8) is 0 Å². The quantitative estimate of drug-likeness (QED) is 0.783. The Balaban J connectivity index is 2.24. The fraction of sp³-hybridized carbons (Fsp3) is 0.500. The molecule has 0 aliphatic carbocycles. The second-order valence-corrected chi connectivity index (χ2v) is 6.49. The van der Waals surface area contributed by atoms with Crippen LogP contribution in [-0.4, -0.2) is 29.6 Å². The van der Waals surface area contributed by atoms with Gasteiger partial charge >= 0.3 is 0 Å². The molecule has 0 saturated carbocycles. The largest absolute Gasteiger partial charge is 0.380 e. The van der Waals surface area contributed by atoms with E-state index in [0.717, 1.165) is 11.1 Å². The maximum Gasteiger partial charge on any atom is 0.276 e. The topological polar surface area (TPSA) is 55.6 Å². The predicted molar refractivity (Wildman–Crippen MR) is 85.9 cm³/mol. The van der Waals surface area contributed by atoms with E-state index in [2.05, 4.69) is 24.4 Å². The van der Waals surface area contributed by atoms with E-state index in [-0.39, 0.29) is 5.91 Å². The zero-order valence-corrected chi connectivity index (χ0v) is 14.3. The molecule has 6 heteroatoms. The molecule has 0 spiro atoms. The second kappa shape index (κ2) is 7.56. The Morgan fingerprint density at radius 1 is 1.50 bits per heavy atom. The number of hydrogen-bond acceptors (Lipinski definition) is 5. The second-order valence-electron chi connectivity index (χ2n) is 5.71. The van der Waals surface area contributed by atoms with Gasteiger partial charge in [-0.1, -0.05) is 19.0 Å². The number of aromatic nitrogens is 1. The monoisotopic (exact) mass is 322 g/mol. The van der Waals surface area contributed by atoms with Crippen molar-refractivity contribution in [1.82, 2.24) is 10.1 Å². The number of rotatable bonds is 7. The SMILES string of the molecule is COCc1c(C(=O)N(Cc2ccsc2)CC(C)C)noc1C. The first-order chi connectivity index (χ1) is 10.5. The van der Waals surface area contributed by atoms with Crippen LogP contribution in [0.1, 0.15) is 41.2 Å². The lowest BCUT2D eigenvalue weighted by Crippen LogP contribution is -2.34. The van der Waals surface area contributed by atoms with Gasteiger partial charge in [0.15, 0.2) is 5.69 Å². The van der Waals surface area contributed by atoms with Crippen LogP contribution in [0.25, 0.3) is 0 Å². The van der Waals surface area contributed by atoms with Crippen molar-refractivity contribution in [3.05, 3.63) is 39.4 Å². The summed E-state index contributed by atoms with van der Waals surface area (Å²) in [6, 6.07) is 2.04. The third-order valence-electron chi connectivity index (χ3n) is 3.30. The summed E-state index contributed by atoms with van der Waals surface area (Å²) in [5, 5.41) is 8.03. The lowest BCUT2D eigenvalue weighted by molar-refractivity contribution is 0.0708. The van der Waals surface area contributed by atoms with Crippen molar-refractivity contribution < 1.29 is 14.1 Å². The van der Waals surface area contributed by atoms with Gasteiger partial charge in [-0.3, -0.25) is 4.79 Å². The van der Waals surface area contributed by atoms with Gasteiger partial charge in [0.2, 0.25) is 0 Å². The summed E-state index contributed by atoms with van der Waals surface area (Å²) < 4.78 is 10.3. The Kier molecular flexibility index (Phi) is 5.74. The summed E-state index contributed by atoms with van der Waals surface area (Å²) >= 11 is 1.63. The van der Waals surface area contributed by atoms with Crippen LogP contribution < -0.4 is 0 Å². The van der Waals surface area contributed by atoms with Crippen LogP contribution >= 0.6 is 11.3 Å². The van der Waals surface area contributed by atoms with Gasteiger partial charge in [-0.25, -0.2) is 0 Å². The Morgan fingerprint density at radius 2 is 2.27 bits per heavy atom. The maximum absolute atomic E-state index is 12.9. The molecule has 0 radical (unpaired) electrons. The molecule has 0 aliphatic rings. The minimum atomic E-state index is -0.108. The van der Waals surface area contributed by atoms with Gasteiger partial charge in [-0.05, 0) is 35.2 Å². The summed E-state index contributed by atoms with van der Waals surface area (Å²) in [6.45, 7) is 7.57. The molecule has 0 N–H and O–H groups in total. The Morgan fingerprint density at radius 3 is 2.86 bits per heavy atom. The van der Waals surface area contributed by atoms with Crippen molar-refractivity contribution in [1.29, 1.82) is 0 Å². The first-order valence-electron chi connectivity index (χ1n) is 7.27. The number of nitrogens with zero attached hydrogens (tertiary/aromatic N) is 2. The van der Waals surface area contributed by atoms with E-state index in [0.29, 0.717) is 37.1 Å². The smallest absolute Gasteiger partial charge is 0.276 e. The molecule has 0 aliphatic heterocycles. The molecule has 22 heavy (non-hydrogen) atoms. The minimum Gasteiger partial charge on any atom is -0.380 e. The number of carbonyl (C=O) groups is 1. The molecular weight excluding hydrogens is 300 g/mol. The van der Waals surface area contributed by atoms with Crippen LogP contribution in [0.3, 0.4) is 0 Å². The highest BCUT2D eigenvalue weighted by Gasteiger charge is 2.25. The maximum atomic E-state index is 12.9. The Hall–Kier alpha value is -1.66. The molecule has 0 saturated heterocycles. The average Bonchev–Trinajstić information content (AvgIpc) is 3.09. The number of amides is 1. The molecule has 1 amide bonds. The summed E-state index contributed by atoms with van der Waals surface area (Å²) in [4.78, 5) is 14.7. The van der Waals surface area contributed by atoms with Crippen LogP contribution in [0.15, 0.2) is 21.3 Å². The first kappa shape index (κ1) is 16.7. The summed E-state index contributed by atoms with van der Waals surface area (Å²) in [7, 11) is 1.60. The molecule has 2 heterocycles. The minimum absolute atomic E-state index is 0.108. The zero-order chi connectivity index (χ0) is 16.1. The van der Waals surface area contributed by atoms with E-state index < -0.39 is 0 Å². The molecule has 5 nitrogen and oxygen atoms in total. The standard InChI is InChI=1S/C16H22N2O3S/c1-11(2)7-18(8-13-5-6-22-10-13)16(19)15-14(9-20-4)12(3)21-17-15/h5-6,10-11H,7-9H2,1-4H3. The molecule has 0 atom stereocenters. The molecule has 0 bridgehead atoms. The molecule has 2 aromatic rings. The number of hydrogen-bond donors (Lipinski definition) is 0. The first-order valence-corrected chi connectivity index (χ1v) is 8.21. The van der Waals surface area contributed by atoms with Crippen LogP contribution in [0, 0.1) is 12.8 Å². The van der Waals surface area contributed by atoms with Crippen molar-refractivity contribution in [2.75, 3.05) is 13.7 Å². The Labute approximate surface area is 134 Å². The van der Waals surface area contributed by atoms with E-state index in [9.17, 15) is 4.79 Å². The number of carbonyl (C=O) groups excluding carboxylic acids is 1. The van der Waals surface area contributed by atoms with E-state index in [1.54, 1.807) is 25.4 Å². The van der Waals surface area contributed by atoms with Crippen molar-refractivity contribution in [2.45, 2.75) is 33.9 Å². The zero-order valence-electron chi connectivity index (χ0n) is 13.5. The van der Waals surface area contributed by atoms with Crippen molar-refractivity contribution >= 4 is 17.2 Å². The van der Waals surface area contributed by atoms with Crippen LogP contribution in [0.2, 0.25) is 0 Å². The normalized spacial score (nSPS) is 11.1. The Bertz CT molecular complexity index is 605. The van der Waals surface area contributed by atoms with Gasteiger partial charge in [-0.15, -0.1) is 0 Å². The molecule has 0 unspecified atom stereocenters. The van der Waals surface area contributed by atoms with Crippen molar-refractivity contribution in [3.8, 4) is 0 Å². The highest BCUT2D eigenvalue weighted by Crippen LogP contribution is 2.19. The van der Waals surface area contributed by atoms with Gasteiger partial charge in [0, 0.05) is 20.2 Å². The fourth-order valence-corrected chi connectivity index (χ4v) is 2.95. The van der Waals surface area contributed by atoms with E-state index >= 15 is 0 Å². The van der Waals surface area contributed by atoms with Crippen molar-refractivity contribution in [2.24, 2.45) is 5.92 Å². The molecule has 0 aromatic carbocycles. The van der Waals surface area contributed by atoms with Crippen LogP contribution in [0.4, 0.5) is 0 Å². The lowest BCUT2D eigenvalue weighted by atomic mass is 10.1. The van der Waals surface area contributed by atoms with E-state index in [1.807, 2.05) is 16.3 Å². The van der Waals surface area contributed by atoms with Gasteiger partial charge in [0.25, 0.3) is 5.91 Å². The third-order valence-corrected chi connectivity index (χ3v) is 4.03. The summed E-state index contributed by atoms with van der Waals surface area (Å²) in [5.41, 5.74) is 2.22. The van der Waals surface area contributed by atoms with Crippen LogP contribution in [0.5, 0.6) is 0 Å². The molecular formula is C16H22N2O3S. The molecule has 0 fully saturated rings. The molecule has 2 aromatic heterocycles. The number of aryl methyl sites for hydroxylation is 1. The highest BCUT2D eigenvalue weighted by atomic mass is 32.1. The molecule has 2 rings (SSSR count). The summed E-state index contributed by atoms with van der Waals surface area (Å²) in [5.74, 6) is 0.899. The van der Waals surface area contributed by atoms with Gasteiger partial charge in [0.1, 0.15) is 5.76 Å². The van der Waals surface area contributed by atoms with E-state index in [1.165, 1.54) is 0 Å².